The highest BCUT2D eigenvalue weighted by Gasteiger charge is 2.43. The molecule has 0 saturated heterocycles. The molecule has 0 heterocycles. The monoisotopic (exact) mass is 270 g/mol. The van der Waals surface area contributed by atoms with Gasteiger partial charge >= 0.3 is 5.97 Å². The highest BCUT2D eigenvalue weighted by molar-refractivity contribution is 5.89. The molecule has 3 atom stereocenters. The number of carboxylic acid groups (broad SMARTS) is 1. The normalized spacial score (nSPS) is 29.0. The summed E-state index contributed by atoms with van der Waals surface area (Å²) >= 11 is 0. The Kier molecular flexibility index (Phi) is 5.35. The van der Waals surface area contributed by atoms with Crippen LogP contribution in [0.2, 0.25) is 0 Å². The quantitative estimate of drug-likeness (QED) is 0.706. The highest BCUT2D eigenvalue weighted by Crippen LogP contribution is 2.32. The van der Waals surface area contributed by atoms with Crippen LogP contribution in [0.1, 0.15) is 52.9 Å². The maximum Gasteiger partial charge on any atom is 0.329 e. The fourth-order valence-corrected chi connectivity index (χ4v) is 2.86. The van der Waals surface area contributed by atoms with E-state index in [1.807, 2.05) is 20.8 Å². The maximum atomic E-state index is 12.1. The summed E-state index contributed by atoms with van der Waals surface area (Å²) in [4.78, 5) is 23.6. The van der Waals surface area contributed by atoms with Crippen LogP contribution in [0, 0.1) is 11.8 Å². The third kappa shape index (κ3) is 4.20. The zero-order valence-corrected chi connectivity index (χ0v) is 12.1. The van der Waals surface area contributed by atoms with Gasteiger partial charge in [-0.2, -0.15) is 0 Å². The number of nitrogens with two attached hydrogens (primary N) is 1. The second-order valence-electron chi connectivity index (χ2n) is 6.31. The van der Waals surface area contributed by atoms with Crippen molar-refractivity contribution >= 4 is 11.9 Å². The number of aliphatic carboxylic acids is 1. The van der Waals surface area contributed by atoms with Crippen molar-refractivity contribution in [1.82, 2.24) is 5.32 Å². The predicted octanol–water partition coefficient (Wildman–Crippen LogP) is 1.51. The van der Waals surface area contributed by atoms with E-state index >= 15 is 0 Å². The van der Waals surface area contributed by atoms with E-state index in [2.05, 4.69) is 5.32 Å². The largest absolute Gasteiger partial charge is 0.480 e. The molecular weight excluding hydrogens is 244 g/mol. The average molecular weight is 270 g/mol. The molecule has 1 amide bonds. The second-order valence-corrected chi connectivity index (χ2v) is 6.31. The van der Waals surface area contributed by atoms with Crippen molar-refractivity contribution in [3.05, 3.63) is 0 Å². The fraction of sp³-hybridized carbons (Fsp3) is 0.857. The van der Waals surface area contributed by atoms with E-state index in [-0.39, 0.29) is 5.91 Å². The maximum absolute atomic E-state index is 12.1. The highest BCUT2D eigenvalue weighted by atomic mass is 16.4. The first-order valence-electron chi connectivity index (χ1n) is 7.08. The van der Waals surface area contributed by atoms with E-state index in [0.29, 0.717) is 31.1 Å². The zero-order chi connectivity index (χ0) is 14.6. The molecule has 110 valence electrons. The minimum Gasteiger partial charge on any atom is -0.480 e. The molecule has 0 spiro atoms. The summed E-state index contributed by atoms with van der Waals surface area (Å²) in [6, 6.07) is -0.631. The molecule has 0 aromatic heterocycles. The van der Waals surface area contributed by atoms with Gasteiger partial charge in [-0.25, -0.2) is 4.79 Å². The second kappa shape index (κ2) is 6.37. The van der Waals surface area contributed by atoms with Gasteiger partial charge < -0.3 is 16.2 Å². The van der Waals surface area contributed by atoms with Crippen LogP contribution in [0.15, 0.2) is 0 Å². The molecule has 5 nitrogen and oxygen atoms in total. The van der Waals surface area contributed by atoms with Gasteiger partial charge in [-0.05, 0) is 31.1 Å². The number of hydrogen-bond donors (Lipinski definition) is 3. The van der Waals surface area contributed by atoms with Gasteiger partial charge in [0.2, 0.25) is 5.91 Å². The van der Waals surface area contributed by atoms with Crippen LogP contribution in [-0.2, 0) is 9.59 Å². The Morgan fingerprint density at radius 3 is 2.58 bits per heavy atom. The molecule has 0 aromatic rings. The summed E-state index contributed by atoms with van der Waals surface area (Å²) in [5.41, 5.74) is 4.70. The number of carboxylic acids is 1. The van der Waals surface area contributed by atoms with Crippen LogP contribution in [0.4, 0.5) is 0 Å². The molecule has 1 rings (SSSR count). The lowest BCUT2D eigenvalue weighted by molar-refractivity contribution is -0.150. The number of carbonyl (C=O) groups excluding carboxylic acids is 1. The summed E-state index contributed by atoms with van der Waals surface area (Å²) in [7, 11) is 0. The molecule has 5 heteroatoms. The SMILES string of the molecule is CC(C)CC(N)C(=O)NC1(C(=O)O)CCCC(C)C1. The Bertz CT molecular complexity index is 344. The molecule has 19 heavy (non-hydrogen) atoms. The van der Waals surface area contributed by atoms with Crippen LogP contribution >= 0.6 is 0 Å². The van der Waals surface area contributed by atoms with Crippen molar-refractivity contribution in [2.45, 2.75) is 64.5 Å². The van der Waals surface area contributed by atoms with Gasteiger partial charge in [0.15, 0.2) is 0 Å². The molecular formula is C14H26N2O3. The fourth-order valence-electron chi connectivity index (χ4n) is 2.86. The standard InChI is InChI=1S/C14H26N2O3/c1-9(2)7-11(15)12(17)16-14(13(18)19)6-4-5-10(3)8-14/h9-11H,4-8,15H2,1-3H3,(H,16,17)(H,18,19). The van der Waals surface area contributed by atoms with Gasteiger partial charge in [0.05, 0.1) is 6.04 Å². The number of amides is 1. The van der Waals surface area contributed by atoms with Crippen molar-refractivity contribution < 1.29 is 14.7 Å². The molecule has 1 saturated carbocycles. The minimum absolute atomic E-state index is 0.312. The lowest BCUT2D eigenvalue weighted by Gasteiger charge is -2.37. The molecule has 1 fully saturated rings. The Balaban J connectivity index is 2.73. The van der Waals surface area contributed by atoms with E-state index in [9.17, 15) is 14.7 Å². The van der Waals surface area contributed by atoms with E-state index in [0.717, 1.165) is 12.8 Å². The third-order valence-corrected chi connectivity index (χ3v) is 3.83. The van der Waals surface area contributed by atoms with Gasteiger partial charge in [0.25, 0.3) is 0 Å². The van der Waals surface area contributed by atoms with Crippen LogP contribution in [0.5, 0.6) is 0 Å². The molecule has 0 aliphatic heterocycles. The Morgan fingerprint density at radius 2 is 2.11 bits per heavy atom. The van der Waals surface area contributed by atoms with Gasteiger partial charge in [0, 0.05) is 0 Å². The molecule has 0 bridgehead atoms. The lowest BCUT2D eigenvalue weighted by Crippen LogP contribution is -2.60. The summed E-state index contributed by atoms with van der Waals surface area (Å²) in [5, 5.41) is 12.2. The summed E-state index contributed by atoms with van der Waals surface area (Å²) in [6.45, 7) is 6.00. The first kappa shape index (κ1) is 16.0. The number of hydrogen-bond acceptors (Lipinski definition) is 3. The molecule has 1 aliphatic carbocycles. The average Bonchev–Trinajstić information content (AvgIpc) is 2.27. The molecule has 4 N–H and O–H groups in total. The van der Waals surface area contributed by atoms with Crippen molar-refractivity contribution in [2.24, 2.45) is 17.6 Å². The summed E-state index contributed by atoms with van der Waals surface area (Å²) < 4.78 is 0. The van der Waals surface area contributed by atoms with Gasteiger partial charge in [-0.15, -0.1) is 0 Å². The van der Waals surface area contributed by atoms with E-state index in [4.69, 9.17) is 5.73 Å². The first-order chi connectivity index (χ1) is 8.77. The topological polar surface area (TPSA) is 92.4 Å². The Hall–Kier alpha value is -1.10. The Labute approximate surface area is 114 Å². The molecule has 3 unspecified atom stereocenters. The molecule has 0 radical (unpaired) electrons. The minimum atomic E-state index is -1.12. The molecule has 1 aliphatic rings. The number of carbonyl (C=O) groups is 2. The summed E-state index contributed by atoms with van der Waals surface area (Å²) in [6.07, 6.45) is 3.39. The van der Waals surface area contributed by atoms with Gasteiger partial charge in [-0.3, -0.25) is 4.79 Å². The lowest BCUT2D eigenvalue weighted by atomic mass is 9.76. The smallest absolute Gasteiger partial charge is 0.329 e. The van der Waals surface area contributed by atoms with E-state index in [1.54, 1.807) is 0 Å². The predicted molar refractivity (Wildman–Crippen MR) is 73.6 cm³/mol. The van der Waals surface area contributed by atoms with Gasteiger partial charge in [0.1, 0.15) is 5.54 Å². The number of rotatable bonds is 5. The zero-order valence-electron chi connectivity index (χ0n) is 12.1. The van der Waals surface area contributed by atoms with Crippen LogP contribution < -0.4 is 11.1 Å². The molecule has 0 aromatic carbocycles. The summed E-state index contributed by atoms with van der Waals surface area (Å²) in [5.74, 6) is -0.660. The van der Waals surface area contributed by atoms with Crippen LogP contribution in [-0.4, -0.2) is 28.6 Å². The van der Waals surface area contributed by atoms with Crippen LogP contribution in [0.25, 0.3) is 0 Å². The van der Waals surface area contributed by atoms with Crippen molar-refractivity contribution in [1.29, 1.82) is 0 Å². The Morgan fingerprint density at radius 1 is 1.47 bits per heavy atom. The van der Waals surface area contributed by atoms with Gasteiger partial charge in [-0.1, -0.05) is 33.6 Å². The van der Waals surface area contributed by atoms with E-state index < -0.39 is 17.6 Å². The van der Waals surface area contributed by atoms with Crippen molar-refractivity contribution in [3.63, 3.8) is 0 Å². The van der Waals surface area contributed by atoms with E-state index in [1.165, 1.54) is 0 Å². The third-order valence-electron chi connectivity index (χ3n) is 3.83. The first-order valence-corrected chi connectivity index (χ1v) is 7.08. The number of nitrogens with one attached hydrogen (secondary N) is 1. The van der Waals surface area contributed by atoms with Crippen LogP contribution in [0.3, 0.4) is 0 Å². The van der Waals surface area contributed by atoms with Crippen molar-refractivity contribution in [3.8, 4) is 0 Å². The van der Waals surface area contributed by atoms with Crippen molar-refractivity contribution in [2.75, 3.05) is 0 Å².